The normalized spacial score (nSPS) is 33.9. The summed E-state index contributed by atoms with van der Waals surface area (Å²) in [6, 6.07) is 6.52. The van der Waals surface area contributed by atoms with E-state index in [4.69, 9.17) is 9.47 Å². The molecule has 6 rings (SSSR count). The number of benzene rings is 1. The van der Waals surface area contributed by atoms with Crippen molar-refractivity contribution >= 4 is 23.4 Å². The van der Waals surface area contributed by atoms with Crippen molar-refractivity contribution < 1.29 is 23.9 Å². The second kappa shape index (κ2) is 11.6. The molecule has 220 valence electrons. The maximum atomic E-state index is 14.2. The van der Waals surface area contributed by atoms with Crippen LogP contribution >= 0.6 is 0 Å². The van der Waals surface area contributed by atoms with Gasteiger partial charge in [-0.05, 0) is 82.1 Å². The summed E-state index contributed by atoms with van der Waals surface area (Å²) in [5.41, 5.74) is 0.849. The number of carbonyl (C=O) groups excluding carboxylic acids is 3. The van der Waals surface area contributed by atoms with E-state index in [1.165, 1.54) is 18.4 Å². The fourth-order valence-corrected chi connectivity index (χ4v) is 7.72. The van der Waals surface area contributed by atoms with Gasteiger partial charge in [-0.3, -0.25) is 14.4 Å². The van der Waals surface area contributed by atoms with Crippen LogP contribution in [0.3, 0.4) is 0 Å². The third-order valence-corrected chi connectivity index (χ3v) is 9.86. The van der Waals surface area contributed by atoms with Gasteiger partial charge < -0.3 is 25.0 Å². The minimum atomic E-state index is -1.13. The average Bonchev–Trinajstić information content (AvgIpc) is 3.62. The molecule has 1 aromatic carbocycles. The molecule has 1 saturated carbocycles. The number of allylic oxidation sites excluding steroid dienone is 1. The fraction of sp³-hybridized carbons (Fsp3) is 0.606. The van der Waals surface area contributed by atoms with Crippen LogP contribution in [0, 0.1) is 17.8 Å². The number of hydrogen-bond donors (Lipinski definition) is 2. The highest BCUT2D eigenvalue weighted by Gasteiger charge is 2.72. The number of hydrogen-bond acceptors (Lipinski definition) is 5. The van der Waals surface area contributed by atoms with Crippen LogP contribution in [0.4, 0.5) is 5.69 Å². The Morgan fingerprint density at radius 1 is 1.10 bits per heavy atom. The van der Waals surface area contributed by atoms with Crippen LogP contribution < -0.4 is 15.4 Å². The topological polar surface area (TPSA) is 97.0 Å². The third-order valence-electron chi connectivity index (χ3n) is 9.86. The molecule has 5 aliphatic rings. The first kappa shape index (κ1) is 28.0. The Labute approximate surface area is 242 Å². The van der Waals surface area contributed by atoms with E-state index in [9.17, 15) is 14.4 Å². The predicted molar refractivity (Wildman–Crippen MR) is 156 cm³/mol. The Bertz CT molecular complexity index is 1230. The molecule has 0 radical (unpaired) electrons. The Kier molecular flexibility index (Phi) is 7.94. The monoisotopic (exact) mass is 561 g/mol. The van der Waals surface area contributed by atoms with E-state index < -0.39 is 29.6 Å². The van der Waals surface area contributed by atoms with Crippen molar-refractivity contribution in [1.29, 1.82) is 0 Å². The van der Waals surface area contributed by atoms with Gasteiger partial charge in [0.1, 0.15) is 17.4 Å². The minimum absolute atomic E-state index is 0.0889. The van der Waals surface area contributed by atoms with Crippen molar-refractivity contribution in [2.75, 3.05) is 18.5 Å². The molecule has 8 heteroatoms. The molecule has 2 bridgehead atoms. The highest BCUT2D eigenvalue weighted by Crippen LogP contribution is 2.55. The summed E-state index contributed by atoms with van der Waals surface area (Å²) >= 11 is 0. The van der Waals surface area contributed by atoms with Gasteiger partial charge in [0.05, 0.1) is 24.5 Å². The zero-order valence-corrected chi connectivity index (χ0v) is 24.3. The largest absolute Gasteiger partial charge is 0.494 e. The molecule has 2 saturated heterocycles. The first-order chi connectivity index (χ1) is 19.9. The lowest BCUT2D eigenvalue weighted by Gasteiger charge is -2.36. The highest BCUT2D eigenvalue weighted by atomic mass is 16.5. The molecule has 0 unspecified atom stereocenters. The van der Waals surface area contributed by atoms with Gasteiger partial charge in [-0.2, -0.15) is 0 Å². The summed E-state index contributed by atoms with van der Waals surface area (Å²) in [5.74, 6) is -0.899. The Morgan fingerprint density at radius 2 is 1.90 bits per heavy atom. The summed E-state index contributed by atoms with van der Waals surface area (Å²) in [6.07, 6.45) is 15.1. The van der Waals surface area contributed by atoms with Gasteiger partial charge in [-0.1, -0.05) is 43.6 Å². The summed E-state index contributed by atoms with van der Waals surface area (Å²) in [7, 11) is 0. The van der Waals surface area contributed by atoms with Crippen LogP contribution in [0.25, 0.3) is 0 Å². The molecule has 7 atom stereocenters. The first-order valence-electron chi connectivity index (χ1n) is 15.6. The fourth-order valence-electron chi connectivity index (χ4n) is 7.72. The molecule has 1 aromatic rings. The standard InChI is InChI=1S/C33H43N3O5/c1-3-40-24-15-13-23(14-16-24)34-30(37)27-26-17-19-33(41-26)28(27)32(39)36(20-18-22-10-5-4-6-11-22)29(33)31(38)35-25-12-8-7-9-21(25)2/h10,13-17,19,21,25-29H,3-9,11-12,18,20H2,1-2H3,(H,34,37)(H,35,38)/t21-,25-,26+,27-,28+,29+,33+/m0/s1. The van der Waals surface area contributed by atoms with E-state index in [0.717, 1.165) is 50.7 Å². The molecular formula is C33H43N3O5. The van der Waals surface area contributed by atoms with Crippen LogP contribution in [0.2, 0.25) is 0 Å². The van der Waals surface area contributed by atoms with Crippen molar-refractivity contribution in [3.8, 4) is 5.75 Å². The molecular weight excluding hydrogens is 518 g/mol. The lowest BCUT2D eigenvalue weighted by Crippen LogP contribution is -2.57. The number of amides is 3. The summed E-state index contributed by atoms with van der Waals surface area (Å²) in [5, 5.41) is 6.31. The lowest BCUT2D eigenvalue weighted by molar-refractivity contribution is -0.141. The highest BCUT2D eigenvalue weighted by molar-refractivity contribution is 6.02. The maximum Gasteiger partial charge on any atom is 0.246 e. The van der Waals surface area contributed by atoms with E-state index >= 15 is 0 Å². The quantitative estimate of drug-likeness (QED) is 0.424. The van der Waals surface area contributed by atoms with Gasteiger partial charge in [-0.25, -0.2) is 0 Å². The van der Waals surface area contributed by atoms with Gasteiger partial charge in [0.15, 0.2) is 0 Å². The molecule has 8 nitrogen and oxygen atoms in total. The summed E-state index contributed by atoms with van der Waals surface area (Å²) in [4.78, 5) is 43.8. The van der Waals surface area contributed by atoms with E-state index in [0.29, 0.717) is 24.8 Å². The average molecular weight is 562 g/mol. The molecule has 2 N–H and O–H groups in total. The van der Waals surface area contributed by atoms with Crippen LogP contribution in [-0.2, 0) is 19.1 Å². The number of nitrogens with zero attached hydrogens (tertiary/aromatic N) is 1. The number of nitrogens with one attached hydrogen (secondary N) is 2. The van der Waals surface area contributed by atoms with E-state index in [2.05, 4.69) is 23.6 Å². The van der Waals surface area contributed by atoms with Crippen LogP contribution in [0.15, 0.2) is 48.1 Å². The van der Waals surface area contributed by atoms with Gasteiger partial charge in [0.2, 0.25) is 17.7 Å². The van der Waals surface area contributed by atoms with E-state index in [1.807, 2.05) is 31.2 Å². The number of likely N-dealkylation sites (tertiary alicyclic amines) is 1. The van der Waals surface area contributed by atoms with Crippen molar-refractivity contribution in [3.63, 3.8) is 0 Å². The molecule has 1 spiro atoms. The van der Waals surface area contributed by atoms with Gasteiger partial charge in [0, 0.05) is 18.3 Å². The van der Waals surface area contributed by atoms with Crippen molar-refractivity contribution in [1.82, 2.24) is 10.2 Å². The van der Waals surface area contributed by atoms with Crippen LogP contribution in [0.5, 0.6) is 5.75 Å². The lowest BCUT2D eigenvalue weighted by atomic mass is 9.74. The molecule has 3 fully saturated rings. The van der Waals surface area contributed by atoms with Crippen LogP contribution in [-0.4, -0.2) is 59.6 Å². The second-order valence-electron chi connectivity index (χ2n) is 12.4. The third kappa shape index (κ3) is 5.20. The molecule has 0 aromatic heterocycles. The number of ether oxygens (including phenoxy) is 2. The number of anilines is 1. The van der Waals surface area contributed by atoms with Crippen molar-refractivity contribution in [3.05, 3.63) is 48.1 Å². The van der Waals surface area contributed by atoms with Crippen LogP contribution in [0.1, 0.15) is 71.6 Å². The van der Waals surface area contributed by atoms with Gasteiger partial charge >= 0.3 is 0 Å². The maximum absolute atomic E-state index is 14.2. The van der Waals surface area contributed by atoms with Gasteiger partial charge in [-0.15, -0.1) is 0 Å². The first-order valence-corrected chi connectivity index (χ1v) is 15.6. The predicted octanol–water partition coefficient (Wildman–Crippen LogP) is 4.76. The summed E-state index contributed by atoms with van der Waals surface area (Å²) in [6.45, 7) is 5.13. The van der Waals surface area contributed by atoms with Crippen molar-refractivity contribution in [2.24, 2.45) is 17.8 Å². The van der Waals surface area contributed by atoms with E-state index in [1.54, 1.807) is 17.0 Å². The molecule has 3 heterocycles. The number of rotatable bonds is 9. The SMILES string of the molecule is CCOc1ccc(NC(=O)[C@H]2[C@H]3C=C[C@@]4(O3)[C@H]2C(=O)N(CCC2=CCCCC2)[C@@H]4C(=O)N[C@H]2CCCC[C@@H]2C)cc1. The zero-order chi connectivity index (χ0) is 28.6. The summed E-state index contributed by atoms with van der Waals surface area (Å²) < 4.78 is 12.0. The number of carbonyl (C=O) groups is 3. The van der Waals surface area contributed by atoms with Gasteiger partial charge in [0.25, 0.3) is 0 Å². The molecule has 41 heavy (non-hydrogen) atoms. The Morgan fingerprint density at radius 3 is 2.63 bits per heavy atom. The molecule has 3 aliphatic heterocycles. The zero-order valence-electron chi connectivity index (χ0n) is 24.3. The number of fused-ring (bicyclic) bond motifs is 1. The minimum Gasteiger partial charge on any atom is -0.494 e. The Hall–Kier alpha value is -3.13. The van der Waals surface area contributed by atoms with E-state index in [-0.39, 0.29) is 23.8 Å². The molecule has 3 amide bonds. The molecule has 2 aliphatic carbocycles. The second-order valence-corrected chi connectivity index (χ2v) is 12.4. The Balaban J connectivity index is 1.26. The smallest absolute Gasteiger partial charge is 0.246 e. The van der Waals surface area contributed by atoms with Crippen molar-refractivity contribution in [2.45, 2.75) is 95.4 Å².